The van der Waals surface area contributed by atoms with E-state index in [1.54, 1.807) is 24.3 Å². The molecule has 0 aliphatic carbocycles. The number of carbonyl (C=O) groups excluding carboxylic acids is 1. The molecule has 0 bridgehead atoms. The van der Waals surface area contributed by atoms with Gasteiger partial charge in [0.2, 0.25) is 15.9 Å². The molecule has 1 amide bonds. The summed E-state index contributed by atoms with van der Waals surface area (Å²) in [5.41, 5.74) is 3.30. The van der Waals surface area contributed by atoms with Gasteiger partial charge in [0.05, 0.1) is 4.90 Å². The summed E-state index contributed by atoms with van der Waals surface area (Å²) in [6, 6.07) is 14.8. The quantitative estimate of drug-likeness (QED) is 0.589. The minimum atomic E-state index is -3.44. The maximum absolute atomic E-state index is 12.3. The molecule has 0 unspecified atom stereocenters. The lowest BCUT2D eigenvalue weighted by atomic mass is 10.1. The predicted octanol–water partition coefficient (Wildman–Crippen LogP) is 2.69. The Kier molecular flexibility index (Phi) is 8.82. The van der Waals surface area contributed by atoms with Gasteiger partial charge >= 0.3 is 0 Å². The Morgan fingerprint density at radius 1 is 0.966 bits per heavy atom. The summed E-state index contributed by atoms with van der Waals surface area (Å²) in [7, 11) is -2.05. The van der Waals surface area contributed by atoms with Gasteiger partial charge in [-0.3, -0.25) is 9.69 Å². The van der Waals surface area contributed by atoms with Crippen LogP contribution in [-0.4, -0.2) is 39.4 Å². The van der Waals surface area contributed by atoms with E-state index in [1.165, 1.54) is 12.6 Å². The summed E-state index contributed by atoms with van der Waals surface area (Å²) in [6.45, 7) is 7.66. The Morgan fingerprint density at radius 2 is 1.59 bits per heavy atom. The van der Waals surface area contributed by atoms with Crippen molar-refractivity contribution in [1.82, 2.24) is 14.9 Å². The van der Waals surface area contributed by atoms with Crippen LogP contribution in [-0.2, 0) is 34.3 Å². The zero-order valence-corrected chi connectivity index (χ0v) is 18.3. The van der Waals surface area contributed by atoms with Gasteiger partial charge in [-0.25, -0.2) is 13.1 Å². The minimum Gasteiger partial charge on any atom is -0.352 e. The zero-order valence-electron chi connectivity index (χ0n) is 17.4. The second-order valence-corrected chi connectivity index (χ2v) is 8.74. The van der Waals surface area contributed by atoms with Crippen LogP contribution in [0.25, 0.3) is 0 Å². The first kappa shape index (κ1) is 23.1. The first-order valence-corrected chi connectivity index (χ1v) is 11.5. The van der Waals surface area contributed by atoms with Crippen LogP contribution in [0.4, 0.5) is 0 Å². The standard InChI is InChI=1S/C22H31N3O3S/c1-4-25(5-2)17-20-9-7-6-8-19(20)16-24-22(26)15-12-18-10-13-21(14-11-18)29(27,28)23-3/h6-11,13-14,23H,4-5,12,15-17H2,1-3H3,(H,24,26). The van der Waals surface area contributed by atoms with Crippen LogP contribution in [0.3, 0.4) is 0 Å². The molecule has 158 valence electrons. The molecule has 2 rings (SSSR count). The number of nitrogens with zero attached hydrogens (tertiary/aromatic N) is 1. The van der Waals surface area contributed by atoms with Gasteiger partial charge in [-0.2, -0.15) is 0 Å². The normalized spacial score (nSPS) is 11.6. The van der Waals surface area contributed by atoms with Crippen molar-refractivity contribution in [1.29, 1.82) is 0 Å². The van der Waals surface area contributed by atoms with Crippen molar-refractivity contribution in [2.24, 2.45) is 0 Å². The molecule has 6 nitrogen and oxygen atoms in total. The summed E-state index contributed by atoms with van der Waals surface area (Å²) in [4.78, 5) is 14.8. The fourth-order valence-corrected chi connectivity index (χ4v) is 3.80. The first-order valence-electron chi connectivity index (χ1n) is 9.98. The predicted molar refractivity (Wildman–Crippen MR) is 116 cm³/mol. The zero-order chi connectivity index (χ0) is 21.3. The smallest absolute Gasteiger partial charge is 0.240 e. The number of nitrogens with one attached hydrogen (secondary N) is 2. The highest BCUT2D eigenvalue weighted by Gasteiger charge is 2.11. The highest BCUT2D eigenvalue weighted by molar-refractivity contribution is 7.89. The Morgan fingerprint density at radius 3 is 2.17 bits per heavy atom. The van der Waals surface area contributed by atoms with E-state index in [1.807, 2.05) is 12.1 Å². The van der Waals surface area contributed by atoms with Crippen LogP contribution >= 0.6 is 0 Å². The first-order chi connectivity index (χ1) is 13.9. The Balaban J connectivity index is 1.88. The van der Waals surface area contributed by atoms with E-state index in [0.717, 1.165) is 30.8 Å². The number of amides is 1. The number of hydrogen-bond donors (Lipinski definition) is 2. The van der Waals surface area contributed by atoms with Gasteiger partial charge in [-0.05, 0) is 55.4 Å². The number of benzene rings is 2. The fraction of sp³-hybridized carbons (Fsp3) is 0.409. The largest absolute Gasteiger partial charge is 0.352 e. The van der Waals surface area contributed by atoms with E-state index in [0.29, 0.717) is 19.4 Å². The Bertz CT molecular complexity index is 892. The van der Waals surface area contributed by atoms with Crippen LogP contribution < -0.4 is 10.0 Å². The molecule has 2 N–H and O–H groups in total. The third-order valence-corrected chi connectivity index (χ3v) is 6.46. The van der Waals surface area contributed by atoms with Gasteiger partial charge < -0.3 is 5.32 Å². The third-order valence-electron chi connectivity index (χ3n) is 5.03. The second kappa shape index (κ2) is 11.1. The van der Waals surface area contributed by atoms with Crippen LogP contribution in [0.15, 0.2) is 53.4 Å². The van der Waals surface area contributed by atoms with Gasteiger partial charge in [0.15, 0.2) is 0 Å². The van der Waals surface area contributed by atoms with Crippen molar-refractivity contribution >= 4 is 15.9 Å². The lowest BCUT2D eigenvalue weighted by Gasteiger charge is -2.20. The molecule has 7 heteroatoms. The second-order valence-electron chi connectivity index (χ2n) is 6.86. The Hall–Kier alpha value is -2.22. The molecule has 0 radical (unpaired) electrons. The van der Waals surface area contributed by atoms with Crippen molar-refractivity contribution in [3.63, 3.8) is 0 Å². The van der Waals surface area contributed by atoms with Crippen molar-refractivity contribution in [2.45, 2.75) is 44.7 Å². The van der Waals surface area contributed by atoms with Gasteiger partial charge in [0, 0.05) is 19.5 Å². The summed E-state index contributed by atoms with van der Waals surface area (Å²) in [5.74, 6) is -0.0189. The molecular formula is C22H31N3O3S. The molecule has 0 aliphatic rings. The molecule has 0 spiro atoms. The van der Waals surface area contributed by atoms with Gasteiger partial charge in [-0.1, -0.05) is 50.2 Å². The highest BCUT2D eigenvalue weighted by Crippen LogP contribution is 2.13. The van der Waals surface area contributed by atoms with Crippen LogP contribution in [0, 0.1) is 0 Å². The van der Waals surface area contributed by atoms with Crippen LogP contribution in [0.5, 0.6) is 0 Å². The summed E-state index contributed by atoms with van der Waals surface area (Å²) >= 11 is 0. The molecular weight excluding hydrogens is 386 g/mol. The molecule has 2 aromatic carbocycles. The lowest BCUT2D eigenvalue weighted by Crippen LogP contribution is -2.26. The van der Waals surface area contributed by atoms with Gasteiger partial charge in [-0.15, -0.1) is 0 Å². The average Bonchev–Trinajstić information content (AvgIpc) is 2.75. The van der Waals surface area contributed by atoms with Gasteiger partial charge in [0.25, 0.3) is 0 Å². The van der Waals surface area contributed by atoms with E-state index in [4.69, 9.17) is 0 Å². The number of aryl methyl sites for hydroxylation is 1. The summed E-state index contributed by atoms with van der Waals surface area (Å²) in [6.07, 6.45) is 0.920. The Labute approximate surface area is 174 Å². The third kappa shape index (κ3) is 6.96. The van der Waals surface area contributed by atoms with Crippen molar-refractivity contribution in [2.75, 3.05) is 20.1 Å². The van der Waals surface area contributed by atoms with Crippen molar-refractivity contribution in [3.05, 3.63) is 65.2 Å². The summed E-state index contributed by atoms with van der Waals surface area (Å²) in [5, 5.41) is 3.00. The average molecular weight is 418 g/mol. The molecule has 29 heavy (non-hydrogen) atoms. The molecule has 0 heterocycles. The SMILES string of the molecule is CCN(CC)Cc1ccccc1CNC(=O)CCc1ccc(S(=O)(=O)NC)cc1. The van der Waals surface area contributed by atoms with E-state index < -0.39 is 10.0 Å². The number of rotatable bonds is 11. The maximum Gasteiger partial charge on any atom is 0.240 e. The van der Waals surface area contributed by atoms with E-state index in [-0.39, 0.29) is 10.8 Å². The molecule has 0 saturated carbocycles. The fourth-order valence-electron chi connectivity index (χ4n) is 3.07. The molecule has 0 aromatic heterocycles. The van der Waals surface area contributed by atoms with Crippen molar-refractivity contribution < 1.29 is 13.2 Å². The number of carbonyl (C=O) groups is 1. The van der Waals surface area contributed by atoms with Crippen LogP contribution in [0.1, 0.15) is 37.0 Å². The molecule has 2 aromatic rings. The number of sulfonamides is 1. The maximum atomic E-state index is 12.3. The lowest BCUT2D eigenvalue weighted by molar-refractivity contribution is -0.121. The topological polar surface area (TPSA) is 78.5 Å². The molecule has 0 atom stereocenters. The van der Waals surface area contributed by atoms with Gasteiger partial charge in [0.1, 0.15) is 0 Å². The minimum absolute atomic E-state index is 0.0189. The van der Waals surface area contributed by atoms with Crippen molar-refractivity contribution in [3.8, 4) is 0 Å². The molecule has 0 saturated heterocycles. The number of hydrogen-bond acceptors (Lipinski definition) is 4. The molecule has 0 fully saturated rings. The van der Waals surface area contributed by atoms with E-state index in [2.05, 4.69) is 40.9 Å². The molecule has 0 aliphatic heterocycles. The highest BCUT2D eigenvalue weighted by atomic mass is 32.2. The monoisotopic (exact) mass is 417 g/mol. The van der Waals surface area contributed by atoms with E-state index >= 15 is 0 Å². The van der Waals surface area contributed by atoms with E-state index in [9.17, 15) is 13.2 Å². The summed E-state index contributed by atoms with van der Waals surface area (Å²) < 4.78 is 25.8. The van der Waals surface area contributed by atoms with Crippen LogP contribution in [0.2, 0.25) is 0 Å².